The molecule has 0 fully saturated rings. The van der Waals surface area contributed by atoms with Crippen LogP contribution in [0.25, 0.3) is 0 Å². The van der Waals surface area contributed by atoms with Gasteiger partial charge in [-0.3, -0.25) is 18.8 Å². The molecular weight excluding hydrogens is 224 g/mol. The minimum absolute atomic E-state index is 0.854. The molecule has 4 N–H and O–H groups in total. The first-order valence-electron chi connectivity index (χ1n) is 2.89. The van der Waals surface area contributed by atoms with Gasteiger partial charge in [0.1, 0.15) is 0 Å². The van der Waals surface area contributed by atoms with E-state index >= 15 is 0 Å². The molecule has 0 unspecified atom stereocenters. The first-order chi connectivity index (χ1) is 5.25. The molecule has 0 heterocycles. The minimum atomic E-state index is -4.47. The summed E-state index contributed by atoms with van der Waals surface area (Å²) in [7, 11) is -6.33. The number of nitrogens with zero attached hydrogens (tertiary/aromatic N) is 1. The fourth-order valence-corrected chi connectivity index (χ4v) is 0. The zero-order valence-corrected chi connectivity index (χ0v) is 9.14. The van der Waals surface area contributed by atoms with Gasteiger partial charge in [-0.25, -0.2) is 4.57 Å². The van der Waals surface area contributed by atoms with Gasteiger partial charge in [0.2, 0.25) is 0 Å². The second kappa shape index (κ2) is 4.63. The van der Waals surface area contributed by atoms with Gasteiger partial charge in [0, 0.05) is 6.66 Å². The molecule has 0 aliphatic rings. The van der Waals surface area contributed by atoms with Crippen LogP contribution in [0, 0.1) is 5.21 Å². The van der Waals surface area contributed by atoms with Crippen LogP contribution < -0.4 is 0 Å². The van der Waals surface area contributed by atoms with Crippen molar-refractivity contribution in [1.29, 1.82) is 0 Å². The molecule has 0 saturated carbocycles. The van der Waals surface area contributed by atoms with Crippen LogP contribution in [0.5, 0.6) is 0 Å². The van der Waals surface area contributed by atoms with Gasteiger partial charge in [-0.2, -0.15) is 0 Å². The van der Waals surface area contributed by atoms with Crippen LogP contribution in [0.1, 0.15) is 0 Å². The molecule has 0 rings (SSSR count). The molecule has 13 heavy (non-hydrogen) atoms. The van der Waals surface area contributed by atoms with Crippen LogP contribution in [-0.4, -0.2) is 44.8 Å². The Morgan fingerprint density at radius 2 is 1.15 bits per heavy atom. The zero-order valence-electron chi connectivity index (χ0n) is 7.36. The van der Waals surface area contributed by atoms with E-state index in [1.54, 1.807) is 0 Å². The highest BCUT2D eigenvalue weighted by Gasteiger charge is 2.28. The van der Waals surface area contributed by atoms with E-state index in [1.165, 1.54) is 0 Å². The second-order valence-corrected chi connectivity index (χ2v) is 6.30. The predicted molar refractivity (Wildman–Crippen MR) is 45.5 cm³/mol. The van der Waals surface area contributed by atoms with Crippen LogP contribution in [-0.2, 0) is 9.13 Å². The van der Waals surface area contributed by atoms with E-state index in [1.807, 2.05) is 0 Å². The van der Waals surface area contributed by atoms with Gasteiger partial charge < -0.3 is 15.0 Å². The zero-order chi connectivity index (χ0) is 11.5. The third-order valence-corrected chi connectivity index (χ3v) is 1.88. The van der Waals surface area contributed by atoms with Crippen molar-refractivity contribution in [3.05, 3.63) is 5.21 Å². The van der Waals surface area contributed by atoms with E-state index < -0.39 is 19.8 Å². The van der Waals surface area contributed by atoms with Crippen molar-refractivity contribution in [2.75, 3.05) is 20.8 Å². The number of hydrogen-bond donors (Lipinski definition) is 4. The van der Waals surface area contributed by atoms with Crippen molar-refractivity contribution < 1.29 is 33.1 Å². The van der Waals surface area contributed by atoms with Gasteiger partial charge in [0.15, 0.2) is 0 Å². The fourth-order valence-electron chi connectivity index (χ4n) is 0. The van der Waals surface area contributed by atoms with Gasteiger partial charge in [-0.15, -0.1) is 0 Å². The maximum absolute atomic E-state index is 10.3. The Hall–Kier alpha value is 0.220. The Bertz CT molecular complexity index is 224. The Balaban J connectivity index is 0. The van der Waals surface area contributed by atoms with Gasteiger partial charge in [-0.05, 0) is 0 Å². The van der Waals surface area contributed by atoms with Crippen molar-refractivity contribution in [3.8, 4) is 0 Å². The molecule has 10 heteroatoms. The Morgan fingerprint density at radius 3 is 1.15 bits per heavy atom. The lowest BCUT2D eigenvalue weighted by Gasteiger charge is -2.32. The fraction of sp³-hybridized carbons (Fsp3) is 1.00. The van der Waals surface area contributed by atoms with Gasteiger partial charge in [0.05, 0.1) is 14.1 Å². The Kier molecular flexibility index (Phi) is 5.59. The monoisotopic (exact) mass is 237 g/mol. The largest absolute Gasteiger partial charge is 0.627 e. The highest BCUT2D eigenvalue weighted by Crippen LogP contribution is 2.43. The summed E-state index contributed by atoms with van der Waals surface area (Å²) in [5, 5.41) is 10.3. The average Bonchev–Trinajstić information content (AvgIpc) is 1.50. The quantitative estimate of drug-likeness (QED) is 0.354. The molecule has 82 valence electrons. The molecule has 0 aromatic carbocycles. The second-order valence-electron chi connectivity index (χ2n) is 2.64. The molecule has 0 atom stereocenters. The minimum Gasteiger partial charge on any atom is -0.627 e. The van der Waals surface area contributed by atoms with Gasteiger partial charge >= 0.3 is 15.3 Å². The van der Waals surface area contributed by atoms with Gasteiger partial charge in [0.25, 0.3) is 0 Å². The Morgan fingerprint density at radius 1 is 1.08 bits per heavy atom. The van der Waals surface area contributed by atoms with Gasteiger partial charge in [-0.1, -0.05) is 0 Å². The highest BCUT2D eigenvalue weighted by atomic mass is 31.2. The molecule has 0 amide bonds. The predicted octanol–water partition coefficient (Wildman–Crippen LogP) is -0.553. The molecule has 0 aromatic rings. The normalized spacial score (nSPS) is 13.2. The summed E-state index contributed by atoms with van der Waals surface area (Å²) in [5.41, 5.74) is 0. The molecule has 0 spiro atoms. The summed E-state index contributed by atoms with van der Waals surface area (Å²) in [6.45, 7) is 0.854. The third-order valence-electron chi connectivity index (χ3n) is 0.627. The molecule has 0 aliphatic heterocycles. The van der Waals surface area contributed by atoms with Crippen molar-refractivity contribution in [2.24, 2.45) is 0 Å². The van der Waals surface area contributed by atoms with E-state index in [0.29, 0.717) is 0 Å². The molecule has 0 aromatic heterocycles. The molecular formula is C3H13NO7P2. The summed E-state index contributed by atoms with van der Waals surface area (Å²) in [5.74, 6) is 0. The van der Waals surface area contributed by atoms with Crippen LogP contribution >= 0.6 is 15.3 Å². The lowest BCUT2D eigenvalue weighted by atomic mass is 11.2. The number of rotatable bonds is 1. The highest BCUT2D eigenvalue weighted by molar-refractivity contribution is 7.50. The topological polar surface area (TPSA) is 138 Å². The first kappa shape index (κ1) is 15.7. The third kappa shape index (κ3) is 15.0. The SMILES string of the molecule is CP(=O)(O)O.C[N+](C)([O-])P(=O)(O)O. The van der Waals surface area contributed by atoms with E-state index in [2.05, 4.69) is 0 Å². The van der Waals surface area contributed by atoms with Crippen LogP contribution in [0.4, 0.5) is 0 Å². The Labute approximate surface area is 75.4 Å². The molecule has 0 saturated heterocycles. The van der Waals surface area contributed by atoms with E-state index in [-0.39, 0.29) is 0 Å². The van der Waals surface area contributed by atoms with Crippen molar-refractivity contribution in [1.82, 2.24) is 0 Å². The molecule has 0 bridgehead atoms. The van der Waals surface area contributed by atoms with E-state index in [4.69, 9.17) is 19.6 Å². The summed E-state index contributed by atoms with van der Waals surface area (Å²) in [4.78, 5) is 31.5. The van der Waals surface area contributed by atoms with E-state index in [9.17, 15) is 14.3 Å². The smallest absolute Gasteiger partial charge is 0.526 e. The number of hydrogen-bond acceptors (Lipinski definition) is 3. The number of hydroxylamine groups is 2. The molecule has 0 radical (unpaired) electrons. The lowest BCUT2D eigenvalue weighted by molar-refractivity contribution is -0.725. The van der Waals surface area contributed by atoms with Crippen molar-refractivity contribution in [2.45, 2.75) is 0 Å². The summed E-state index contributed by atoms with van der Waals surface area (Å²) in [6.07, 6.45) is 0. The van der Waals surface area contributed by atoms with E-state index in [0.717, 1.165) is 20.8 Å². The maximum atomic E-state index is 10.3. The molecule has 8 nitrogen and oxygen atoms in total. The summed E-state index contributed by atoms with van der Waals surface area (Å²) < 4.78 is 17.8. The lowest BCUT2D eigenvalue weighted by Crippen LogP contribution is -2.27. The van der Waals surface area contributed by atoms with Crippen LogP contribution in [0.2, 0.25) is 0 Å². The first-order valence-corrected chi connectivity index (χ1v) is 6.51. The summed E-state index contributed by atoms with van der Waals surface area (Å²) in [6, 6.07) is 0. The van der Waals surface area contributed by atoms with Crippen molar-refractivity contribution in [3.63, 3.8) is 0 Å². The number of quaternary nitrogens is 1. The van der Waals surface area contributed by atoms with Crippen LogP contribution in [0.15, 0.2) is 0 Å². The maximum Gasteiger partial charge on any atom is 0.526 e. The average molecular weight is 237 g/mol. The van der Waals surface area contributed by atoms with Crippen molar-refractivity contribution >= 4 is 15.3 Å². The molecule has 0 aliphatic carbocycles. The standard InChI is InChI=1S/C2H8NO4P.CH5O3P/c1-3(2,4)8(5,6)7;1-5(2,3)4/h1-2H3,(H2,5,6,7);1H3,(H2,2,3,4). The summed E-state index contributed by atoms with van der Waals surface area (Å²) >= 11 is 0. The van der Waals surface area contributed by atoms with Crippen LogP contribution in [0.3, 0.4) is 0 Å².